The Morgan fingerprint density at radius 2 is 2.00 bits per heavy atom. The van der Waals surface area contributed by atoms with Gasteiger partial charge in [0.15, 0.2) is 5.82 Å². The minimum absolute atomic E-state index is 0.0725. The van der Waals surface area contributed by atoms with E-state index in [1.165, 1.54) is 36.8 Å². The minimum atomic E-state index is 0.0725. The molecule has 4 nitrogen and oxygen atoms in total. The number of carbonyl (C=O) groups excluding carboxylic acids is 1. The van der Waals surface area contributed by atoms with Crippen LogP contribution >= 0.6 is 0 Å². The van der Waals surface area contributed by atoms with Crippen LogP contribution in [0.15, 0.2) is 42.5 Å². The zero-order chi connectivity index (χ0) is 17.2. The fourth-order valence-corrected chi connectivity index (χ4v) is 3.84. The van der Waals surface area contributed by atoms with Crippen LogP contribution in [-0.4, -0.2) is 16.1 Å². The lowest BCUT2D eigenvalue weighted by molar-refractivity contribution is -0.117. The summed E-state index contributed by atoms with van der Waals surface area (Å²) in [6.45, 7) is 2.11. The molecule has 1 heterocycles. The van der Waals surface area contributed by atoms with Gasteiger partial charge in [0.25, 0.3) is 0 Å². The quantitative estimate of drug-likeness (QED) is 0.701. The third kappa shape index (κ3) is 3.29. The van der Waals surface area contributed by atoms with Gasteiger partial charge < -0.3 is 5.32 Å². The number of hydrogen-bond donors (Lipinski definition) is 2. The summed E-state index contributed by atoms with van der Waals surface area (Å²) in [4.78, 5) is 12.3. The van der Waals surface area contributed by atoms with Gasteiger partial charge in [-0.3, -0.25) is 9.89 Å². The minimum Gasteiger partial charge on any atom is -0.309 e. The molecule has 25 heavy (non-hydrogen) atoms. The van der Waals surface area contributed by atoms with E-state index in [1.807, 2.05) is 18.2 Å². The van der Waals surface area contributed by atoms with Gasteiger partial charge in [-0.2, -0.15) is 5.10 Å². The third-order valence-corrected chi connectivity index (χ3v) is 5.23. The summed E-state index contributed by atoms with van der Waals surface area (Å²) >= 11 is 0. The van der Waals surface area contributed by atoms with E-state index < -0.39 is 0 Å². The van der Waals surface area contributed by atoms with Gasteiger partial charge in [-0.1, -0.05) is 43.2 Å². The van der Waals surface area contributed by atoms with Gasteiger partial charge in [-0.25, -0.2) is 0 Å². The SMILES string of the molecule is Cc1ccccc1-c1ccc2c(NC(=O)CC3CCCC3)n[nH]c2c1. The van der Waals surface area contributed by atoms with Gasteiger partial charge in [0, 0.05) is 11.8 Å². The average molecular weight is 333 g/mol. The molecule has 1 saturated carbocycles. The highest BCUT2D eigenvalue weighted by atomic mass is 16.1. The van der Waals surface area contributed by atoms with Crippen molar-refractivity contribution >= 4 is 22.6 Å². The standard InChI is InChI=1S/C21H23N3O/c1-14-6-2-5-9-17(14)16-10-11-18-19(13-16)23-24-21(18)22-20(25)12-15-7-3-4-8-15/h2,5-6,9-11,13,15H,3-4,7-8,12H2,1H3,(H2,22,23,24,25). The van der Waals surface area contributed by atoms with E-state index in [1.54, 1.807) is 0 Å². The highest BCUT2D eigenvalue weighted by molar-refractivity contribution is 6.00. The van der Waals surface area contributed by atoms with E-state index >= 15 is 0 Å². The number of aryl methyl sites for hydroxylation is 1. The van der Waals surface area contributed by atoms with Crippen molar-refractivity contribution in [1.82, 2.24) is 10.2 Å². The Morgan fingerprint density at radius 1 is 1.20 bits per heavy atom. The molecule has 128 valence electrons. The third-order valence-electron chi connectivity index (χ3n) is 5.23. The van der Waals surface area contributed by atoms with Crippen LogP contribution in [0.2, 0.25) is 0 Å². The van der Waals surface area contributed by atoms with Crippen molar-refractivity contribution in [3.05, 3.63) is 48.0 Å². The summed E-state index contributed by atoms with van der Waals surface area (Å²) in [7, 11) is 0. The molecule has 1 aromatic heterocycles. The Morgan fingerprint density at radius 3 is 2.80 bits per heavy atom. The molecule has 3 aromatic rings. The normalized spacial score (nSPS) is 14.9. The van der Waals surface area contributed by atoms with E-state index in [0.29, 0.717) is 18.2 Å². The van der Waals surface area contributed by atoms with Crippen LogP contribution < -0.4 is 5.32 Å². The van der Waals surface area contributed by atoms with Gasteiger partial charge in [-0.05, 0) is 54.5 Å². The van der Waals surface area contributed by atoms with E-state index in [2.05, 4.69) is 46.7 Å². The summed E-state index contributed by atoms with van der Waals surface area (Å²) in [6.07, 6.45) is 5.47. The second kappa shape index (κ2) is 6.71. The maximum absolute atomic E-state index is 12.3. The molecule has 2 N–H and O–H groups in total. The van der Waals surface area contributed by atoms with E-state index in [0.717, 1.165) is 16.5 Å². The first kappa shape index (κ1) is 15.9. The second-order valence-electron chi connectivity index (χ2n) is 7.05. The molecular formula is C21H23N3O. The Bertz CT molecular complexity index is 906. The number of hydrogen-bond acceptors (Lipinski definition) is 2. The van der Waals surface area contributed by atoms with Gasteiger partial charge in [0.05, 0.1) is 5.52 Å². The number of H-pyrrole nitrogens is 1. The summed E-state index contributed by atoms with van der Waals surface area (Å²) in [6, 6.07) is 14.5. The topological polar surface area (TPSA) is 57.8 Å². The van der Waals surface area contributed by atoms with E-state index in [-0.39, 0.29) is 5.91 Å². The molecule has 1 fully saturated rings. The molecule has 1 aliphatic rings. The number of aromatic amines is 1. The predicted molar refractivity (Wildman–Crippen MR) is 101 cm³/mol. The van der Waals surface area contributed by atoms with Crippen molar-refractivity contribution in [1.29, 1.82) is 0 Å². The van der Waals surface area contributed by atoms with Crippen molar-refractivity contribution in [2.45, 2.75) is 39.0 Å². The molecule has 1 aliphatic carbocycles. The first-order chi connectivity index (χ1) is 12.2. The highest BCUT2D eigenvalue weighted by Crippen LogP contribution is 2.30. The zero-order valence-corrected chi connectivity index (χ0v) is 14.5. The van der Waals surface area contributed by atoms with Crippen molar-refractivity contribution in [3.63, 3.8) is 0 Å². The highest BCUT2D eigenvalue weighted by Gasteiger charge is 2.19. The number of rotatable bonds is 4. The lowest BCUT2D eigenvalue weighted by atomic mass is 10.00. The van der Waals surface area contributed by atoms with Gasteiger partial charge in [0.2, 0.25) is 5.91 Å². The monoisotopic (exact) mass is 333 g/mol. The number of fused-ring (bicyclic) bond motifs is 1. The van der Waals surface area contributed by atoms with Crippen LogP contribution in [0.1, 0.15) is 37.7 Å². The lowest BCUT2D eigenvalue weighted by Gasteiger charge is -2.08. The Balaban J connectivity index is 1.56. The van der Waals surface area contributed by atoms with Crippen LogP contribution in [0.5, 0.6) is 0 Å². The maximum atomic E-state index is 12.3. The predicted octanol–water partition coefficient (Wildman–Crippen LogP) is 5.06. The summed E-state index contributed by atoms with van der Waals surface area (Å²) < 4.78 is 0. The first-order valence-electron chi connectivity index (χ1n) is 9.05. The smallest absolute Gasteiger partial charge is 0.225 e. The molecule has 2 aromatic carbocycles. The van der Waals surface area contributed by atoms with E-state index in [4.69, 9.17) is 0 Å². The number of amides is 1. The number of aromatic nitrogens is 2. The molecule has 0 saturated heterocycles. The van der Waals surface area contributed by atoms with E-state index in [9.17, 15) is 4.79 Å². The summed E-state index contributed by atoms with van der Waals surface area (Å²) in [5, 5.41) is 11.3. The molecule has 0 aliphatic heterocycles. The number of nitrogens with zero attached hydrogens (tertiary/aromatic N) is 1. The number of benzene rings is 2. The Hall–Kier alpha value is -2.62. The van der Waals surface area contributed by atoms with Crippen molar-refractivity contribution < 1.29 is 4.79 Å². The molecule has 0 unspecified atom stereocenters. The molecule has 1 amide bonds. The van der Waals surface area contributed by atoms with Gasteiger partial charge in [0.1, 0.15) is 0 Å². The first-order valence-corrected chi connectivity index (χ1v) is 9.05. The second-order valence-corrected chi connectivity index (χ2v) is 7.05. The zero-order valence-electron chi connectivity index (χ0n) is 14.5. The molecule has 0 spiro atoms. The van der Waals surface area contributed by atoms with Crippen molar-refractivity contribution in [2.75, 3.05) is 5.32 Å². The van der Waals surface area contributed by atoms with Crippen molar-refractivity contribution in [2.24, 2.45) is 5.92 Å². The molecule has 0 bridgehead atoms. The average Bonchev–Trinajstić information content (AvgIpc) is 3.25. The maximum Gasteiger partial charge on any atom is 0.225 e. The number of nitrogens with one attached hydrogen (secondary N) is 2. The van der Waals surface area contributed by atoms with Crippen molar-refractivity contribution in [3.8, 4) is 11.1 Å². The molecule has 4 rings (SSSR count). The fourth-order valence-electron chi connectivity index (χ4n) is 3.84. The molecule has 0 radical (unpaired) electrons. The largest absolute Gasteiger partial charge is 0.309 e. The lowest BCUT2D eigenvalue weighted by Crippen LogP contribution is -2.15. The Kier molecular flexibility index (Phi) is 4.26. The Labute approximate surface area is 147 Å². The molecular weight excluding hydrogens is 310 g/mol. The van der Waals surface area contributed by atoms with Gasteiger partial charge in [-0.15, -0.1) is 0 Å². The number of carbonyl (C=O) groups is 1. The number of anilines is 1. The molecule has 0 atom stereocenters. The van der Waals surface area contributed by atoms with Crippen LogP contribution in [0.4, 0.5) is 5.82 Å². The van der Waals surface area contributed by atoms with Crippen LogP contribution in [0, 0.1) is 12.8 Å². The summed E-state index contributed by atoms with van der Waals surface area (Å²) in [5.41, 5.74) is 4.55. The van der Waals surface area contributed by atoms with Gasteiger partial charge >= 0.3 is 0 Å². The summed E-state index contributed by atoms with van der Waals surface area (Å²) in [5.74, 6) is 1.25. The fraction of sp³-hybridized carbons (Fsp3) is 0.333. The van der Waals surface area contributed by atoms with Crippen LogP contribution in [0.25, 0.3) is 22.0 Å². The van der Waals surface area contributed by atoms with Crippen LogP contribution in [0.3, 0.4) is 0 Å². The molecule has 4 heteroatoms. The van der Waals surface area contributed by atoms with Crippen LogP contribution in [-0.2, 0) is 4.79 Å².